The summed E-state index contributed by atoms with van der Waals surface area (Å²) >= 11 is 0. The van der Waals surface area contributed by atoms with Crippen LogP contribution in [0.3, 0.4) is 0 Å². The number of hydrogen-bond donors (Lipinski definition) is 2. The molecule has 1 amide bonds. The van der Waals surface area contributed by atoms with E-state index in [0.717, 1.165) is 0 Å². The van der Waals surface area contributed by atoms with Crippen molar-refractivity contribution in [2.24, 2.45) is 16.7 Å². The molecule has 4 heteroatoms. The molecule has 1 aliphatic rings. The SMILES string of the molecule is CC1(C)C(C(=O)N(CCO)CCO)C1(C)C. The lowest BCUT2D eigenvalue weighted by Gasteiger charge is -2.21. The zero-order chi connectivity index (χ0) is 12.6. The smallest absolute Gasteiger partial charge is 0.226 e. The van der Waals surface area contributed by atoms with Crippen LogP contribution in [-0.4, -0.2) is 47.3 Å². The first-order valence-corrected chi connectivity index (χ1v) is 5.81. The van der Waals surface area contributed by atoms with Crippen molar-refractivity contribution in [2.45, 2.75) is 27.7 Å². The Balaban J connectivity index is 2.70. The van der Waals surface area contributed by atoms with Gasteiger partial charge in [0.2, 0.25) is 5.91 Å². The average Bonchev–Trinajstić information content (AvgIpc) is 2.56. The summed E-state index contributed by atoms with van der Waals surface area (Å²) in [5.41, 5.74) is 0.0144. The van der Waals surface area contributed by atoms with Gasteiger partial charge in [-0.15, -0.1) is 0 Å². The molecule has 1 rings (SSSR count). The normalized spacial score (nSPS) is 21.9. The molecule has 1 saturated carbocycles. The minimum absolute atomic E-state index is 0.00176. The second-order valence-corrected chi connectivity index (χ2v) is 5.65. The molecule has 16 heavy (non-hydrogen) atoms. The fourth-order valence-electron chi connectivity index (χ4n) is 2.57. The van der Waals surface area contributed by atoms with E-state index in [0.29, 0.717) is 13.1 Å². The van der Waals surface area contributed by atoms with Gasteiger partial charge in [0.25, 0.3) is 0 Å². The van der Waals surface area contributed by atoms with E-state index in [-0.39, 0.29) is 35.9 Å². The van der Waals surface area contributed by atoms with Crippen molar-refractivity contribution in [1.82, 2.24) is 4.90 Å². The van der Waals surface area contributed by atoms with Gasteiger partial charge in [-0.3, -0.25) is 4.79 Å². The molecule has 0 spiro atoms. The molecule has 94 valence electrons. The van der Waals surface area contributed by atoms with Crippen LogP contribution in [0.2, 0.25) is 0 Å². The van der Waals surface area contributed by atoms with E-state index in [9.17, 15) is 4.79 Å². The van der Waals surface area contributed by atoms with Crippen LogP contribution >= 0.6 is 0 Å². The number of carbonyl (C=O) groups is 1. The highest BCUT2D eigenvalue weighted by Gasteiger charge is 2.68. The van der Waals surface area contributed by atoms with Gasteiger partial charge in [0.1, 0.15) is 0 Å². The third-order valence-electron chi connectivity index (χ3n) is 4.32. The molecule has 0 aromatic heterocycles. The van der Waals surface area contributed by atoms with Crippen molar-refractivity contribution in [1.29, 1.82) is 0 Å². The number of hydrogen-bond acceptors (Lipinski definition) is 3. The highest BCUT2D eigenvalue weighted by Crippen LogP contribution is 2.68. The van der Waals surface area contributed by atoms with Gasteiger partial charge in [-0.25, -0.2) is 0 Å². The Hall–Kier alpha value is -0.610. The summed E-state index contributed by atoms with van der Waals surface area (Å²) < 4.78 is 0. The van der Waals surface area contributed by atoms with Crippen LogP contribution in [0.1, 0.15) is 27.7 Å². The van der Waals surface area contributed by atoms with Gasteiger partial charge in [-0.1, -0.05) is 27.7 Å². The van der Waals surface area contributed by atoms with Crippen molar-refractivity contribution in [2.75, 3.05) is 26.3 Å². The quantitative estimate of drug-likeness (QED) is 0.721. The minimum atomic E-state index is -0.0562. The highest BCUT2D eigenvalue weighted by molar-refractivity contribution is 5.84. The van der Waals surface area contributed by atoms with Crippen molar-refractivity contribution in [3.63, 3.8) is 0 Å². The van der Waals surface area contributed by atoms with Crippen LogP contribution in [0.25, 0.3) is 0 Å². The van der Waals surface area contributed by atoms with E-state index in [1.54, 1.807) is 4.90 Å². The van der Waals surface area contributed by atoms with Crippen molar-refractivity contribution >= 4 is 5.91 Å². The molecule has 2 N–H and O–H groups in total. The molecule has 0 aromatic rings. The van der Waals surface area contributed by atoms with Gasteiger partial charge in [-0.2, -0.15) is 0 Å². The van der Waals surface area contributed by atoms with E-state index in [1.807, 2.05) is 0 Å². The summed E-state index contributed by atoms with van der Waals surface area (Å²) in [6.45, 7) is 8.86. The number of carbonyl (C=O) groups excluding carboxylic acids is 1. The summed E-state index contributed by atoms with van der Waals surface area (Å²) in [4.78, 5) is 13.8. The van der Waals surface area contributed by atoms with Crippen LogP contribution in [0.4, 0.5) is 0 Å². The monoisotopic (exact) mass is 229 g/mol. The molecule has 0 atom stereocenters. The van der Waals surface area contributed by atoms with Crippen LogP contribution in [0, 0.1) is 16.7 Å². The maximum atomic E-state index is 12.2. The zero-order valence-corrected chi connectivity index (χ0v) is 10.7. The molecule has 0 aromatic carbocycles. The average molecular weight is 229 g/mol. The first kappa shape index (κ1) is 13.5. The predicted molar refractivity (Wildman–Crippen MR) is 61.8 cm³/mol. The number of amides is 1. The lowest BCUT2D eigenvalue weighted by Crippen LogP contribution is -2.38. The van der Waals surface area contributed by atoms with Gasteiger partial charge < -0.3 is 15.1 Å². The Bertz CT molecular complexity index is 253. The maximum absolute atomic E-state index is 12.2. The Morgan fingerprint density at radius 1 is 1.06 bits per heavy atom. The number of rotatable bonds is 5. The topological polar surface area (TPSA) is 60.8 Å². The van der Waals surface area contributed by atoms with Gasteiger partial charge in [0.05, 0.1) is 13.2 Å². The number of aliphatic hydroxyl groups excluding tert-OH is 2. The lowest BCUT2D eigenvalue weighted by atomic mass is 10.0. The first-order chi connectivity index (χ1) is 7.30. The Kier molecular flexibility index (Phi) is 3.65. The third kappa shape index (κ3) is 1.96. The second kappa shape index (κ2) is 4.34. The molecule has 0 saturated heterocycles. The predicted octanol–water partition coefficient (Wildman–Crippen LogP) is 0.482. The van der Waals surface area contributed by atoms with E-state index < -0.39 is 0 Å². The fourth-order valence-corrected chi connectivity index (χ4v) is 2.57. The number of nitrogens with zero attached hydrogens (tertiary/aromatic N) is 1. The fraction of sp³-hybridized carbons (Fsp3) is 0.917. The molecule has 4 nitrogen and oxygen atoms in total. The summed E-state index contributed by atoms with van der Waals surface area (Å²) in [7, 11) is 0. The number of aliphatic hydroxyl groups is 2. The summed E-state index contributed by atoms with van der Waals surface area (Å²) in [6.07, 6.45) is 0. The Morgan fingerprint density at radius 3 is 1.69 bits per heavy atom. The van der Waals surface area contributed by atoms with Crippen LogP contribution in [0.5, 0.6) is 0 Å². The van der Waals surface area contributed by atoms with Crippen molar-refractivity contribution < 1.29 is 15.0 Å². The minimum Gasteiger partial charge on any atom is -0.395 e. The van der Waals surface area contributed by atoms with Crippen molar-refractivity contribution in [3.05, 3.63) is 0 Å². The van der Waals surface area contributed by atoms with Crippen molar-refractivity contribution in [3.8, 4) is 0 Å². The van der Waals surface area contributed by atoms with Gasteiger partial charge in [0.15, 0.2) is 0 Å². The van der Waals surface area contributed by atoms with Crippen LogP contribution in [0.15, 0.2) is 0 Å². The third-order valence-corrected chi connectivity index (χ3v) is 4.32. The summed E-state index contributed by atoms with van der Waals surface area (Å²) in [6, 6.07) is 0. The molecule has 0 aliphatic heterocycles. The molecular weight excluding hydrogens is 206 g/mol. The van der Waals surface area contributed by atoms with E-state index in [2.05, 4.69) is 27.7 Å². The summed E-state index contributed by atoms with van der Waals surface area (Å²) in [5, 5.41) is 17.8. The Labute approximate surface area is 97.3 Å². The molecule has 1 aliphatic carbocycles. The van der Waals surface area contributed by atoms with Crippen LogP contribution < -0.4 is 0 Å². The van der Waals surface area contributed by atoms with Gasteiger partial charge >= 0.3 is 0 Å². The molecule has 0 bridgehead atoms. The zero-order valence-electron chi connectivity index (χ0n) is 10.7. The standard InChI is InChI=1S/C12H23NO3/c1-11(2)9(12(11,3)4)10(16)13(5-7-14)6-8-15/h9,14-15H,5-8H2,1-4H3. The van der Waals surface area contributed by atoms with E-state index >= 15 is 0 Å². The highest BCUT2D eigenvalue weighted by atomic mass is 16.3. The van der Waals surface area contributed by atoms with E-state index in [4.69, 9.17) is 10.2 Å². The molecular formula is C12H23NO3. The second-order valence-electron chi connectivity index (χ2n) is 5.65. The first-order valence-electron chi connectivity index (χ1n) is 5.81. The Morgan fingerprint density at radius 2 is 1.44 bits per heavy atom. The molecule has 0 radical (unpaired) electrons. The summed E-state index contributed by atoms with van der Waals surface area (Å²) in [5.74, 6) is 0.0520. The van der Waals surface area contributed by atoms with Crippen LogP contribution in [-0.2, 0) is 4.79 Å². The molecule has 0 heterocycles. The lowest BCUT2D eigenvalue weighted by molar-refractivity contribution is -0.134. The molecule has 1 fully saturated rings. The van der Waals surface area contributed by atoms with Gasteiger partial charge in [0, 0.05) is 19.0 Å². The largest absolute Gasteiger partial charge is 0.395 e. The molecule has 0 unspecified atom stereocenters. The van der Waals surface area contributed by atoms with E-state index in [1.165, 1.54) is 0 Å². The maximum Gasteiger partial charge on any atom is 0.226 e. The van der Waals surface area contributed by atoms with Gasteiger partial charge in [-0.05, 0) is 10.8 Å².